The number of halogens is 2. The molecule has 27 heavy (non-hydrogen) atoms. The third kappa shape index (κ3) is 3.93. The fraction of sp³-hybridized carbons (Fsp3) is 0.0870. The van der Waals surface area contributed by atoms with Crippen molar-refractivity contribution in [1.82, 2.24) is 4.98 Å². The van der Waals surface area contributed by atoms with Crippen LogP contribution in [0.3, 0.4) is 0 Å². The minimum absolute atomic E-state index is 0.302. The van der Waals surface area contributed by atoms with E-state index < -0.39 is 0 Å². The van der Waals surface area contributed by atoms with Gasteiger partial charge in [-0.2, -0.15) is 0 Å². The normalized spacial score (nSPS) is 10.9. The van der Waals surface area contributed by atoms with Crippen LogP contribution in [-0.4, -0.2) is 4.98 Å². The summed E-state index contributed by atoms with van der Waals surface area (Å²) in [5.74, 6) is -0.302. The average Bonchev–Trinajstić information content (AvgIpc) is 2.69. The predicted molar refractivity (Wildman–Crippen MR) is 109 cm³/mol. The van der Waals surface area contributed by atoms with Crippen molar-refractivity contribution in [2.24, 2.45) is 0 Å². The van der Waals surface area contributed by atoms with Crippen LogP contribution in [0.1, 0.15) is 11.1 Å². The molecule has 0 saturated carbocycles. The van der Waals surface area contributed by atoms with E-state index in [0.29, 0.717) is 29.3 Å². The Kier molecular flexibility index (Phi) is 5.03. The van der Waals surface area contributed by atoms with Crippen molar-refractivity contribution in [3.8, 4) is 0 Å². The number of fused-ring (bicyclic) bond motifs is 1. The van der Waals surface area contributed by atoms with Crippen molar-refractivity contribution in [1.29, 1.82) is 0 Å². The first-order valence-electron chi connectivity index (χ1n) is 8.77. The summed E-state index contributed by atoms with van der Waals surface area (Å²) in [6.45, 7) is 1.22. The van der Waals surface area contributed by atoms with Gasteiger partial charge in [-0.25, -0.2) is 9.37 Å². The number of pyridine rings is 1. The molecule has 0 radical (unpaired) electrons. The molecule has 0 aliphatic rings. The summed E-state index contributed by atoms with van der Waals surface area (Å²) in [6, 6.07) is 25.4. The van der Waals surface area contributed by atoms with Crippen LogP contribution < -0.4 is 4.90 Å². The van der Waals surface area contributed by atoms with Crippen molar-refractivity contribution in [3.63, 3.8) is 0 Å². The summed E-state index contributed by atoms with van der Waals surface area (Å²) >= 11 is 6.13. The Morgan fingerprint density at radius 2 is 1.41 bits per heavy atom. The van der Waals surface area contributed by atoms with E-state index in [2.05, 4.69) is 29.2 Å². The molecule has 0 atom stereocenters. The van der Waals surface area contributed by atoms with Crippen LogP contribution in [0.2, 0.25) is 5.15 Å². The number of hydrogen-bond acceptors (Lipinski definition) is 2. The molecule has 0 aliphatic heterocycles. The maximum absolute atomic E-state index is 15.0. The molecule has 0 amide bonds. The van der Waals surface area contributed by atoms with Gasteiger partial charge in [0.2, 0.25) is 0 Å². The molecule has 0 aliphatic carbocycles. The summed E-state index contributed by atoms with van der Waals surface area (Å²) in [5.41, 5.74) is 2.80. The lowest BCUT2D eigenvalue weighted by molar-refractivity contribution is 0.617. The van der Waals surface area contributed by atoms with Gasteiger partial charge >= 0.3 is 0 Å². The Morgan fingerprint density at radius 1 is 0.815 bits per heavy atom. The number of hydrogen-bond donors (Lipinski definition) is 0. The van der Waals surface area contributed by atoms with Gasteiger partial charge in [0.15, 0.2) is 0 Å². The maximum atomic E-state index is 15.0. The maximum Gasteiger partial charge on any atom is 0.147 e. The molecular weight excluding hydrogens is 359 g/mol. The number of nitrogens with zero attached hydrogens (tertiary/aromatic N) is 2. The molecule has 3 aromatic carbocycles. The number of aromatic nitrogens is 1. The smallest absolute Gasteiger partial charge is 0.147 e. The van der Waals surface area contributed by atoms with Crippen molar-refractivity contribution >= 4 is 28.1 Å². The van der Waals surface area contributed by atoms with E-state index in [1.54, 1.807) is 6.20 Å². The molecule has 0 fully saturated rings. The lowest BCUT2D eigenvalue weighted by atomic mass is 10.1. The van der Waals surface area contributed by atoms with Gasteiger partial charge in [-0.15, -0.1) is 0 Å². The van der Waals surface area contributed by atoms with Gasteiger partial charge in [0.1, 0.15) is 11.0 Å². The molecule has 4 heteroatoms. The van der Waals surface area contributed by atoms with Gasteiger partial charge in [-0.05, 0) is 34.7 Å². The number of anilines is 1. The third-order valence-electron chi connectivity index (χ3n) is 4.56. The van der Waals surface area contributed by atoms with E-state index in [0.717, 1.165) is 16.5 Å². The molecule has 4 rings (SSSR count). The zero-order chi connectivity index (χ0) is 18.6. The highest BCUT2D eigenvalue weighted by molar-refractivity contribution is 6.34. The third-order valence-corrected chi connectivity index (χ3v) is 4.86. The van der Waals surface area contributed by atoms with Crippen molar-refractivity contribution in [2.75, 3.05) is 4.90 Å². The Bertz CT molecular complexity index is 1010. The predicted octanol–water partition coefficient (Wildman–Crippen LogP) is 6.23. The zero-order valence-corrected chi connectivity index (χ0v) is 15.4. The van der Waals surface area contributed by atoms with Crippen molar-refractivity contribution in [2.45, 2.75) is 13.1 Å². The number of benzene rings is 3. The minimum atomic E-state index is -0.302. The van der Waals surface area contributed by atoms with Gasteiger partial charge in [-0.1, -0.05) is 72.3 Å². The highest BCUT2D eigenvalue weighted by Crippen LogP contribution is 2.31. The van der Waals surface area contributed by atoms with E-state index in [1.165, 1.54) is 6.07 Å². The molecule has 1 heterocycles. The highest BCUT2D eigenvalue weighted by atomic mass is 35.5. The molecule has 0 saturated heterocycles. The quantitative estimate of drug-likeness (QED) is 0.383. The summed E-state index contributed by atoms with van der Waals surface area (Å²) in [7, 11) is 0. The van der Waals surface area contributed by atoms with Gasteiger partial charge in [0.25, 0.3) is 0 Å². The van der Waals surface area contributed by atoms with Crippen LogP contribution in [-0.2, 0) is 13.1 Å². The Balaban J connectivity index is 1.77. The van der Waals surface area contributed by atoms with Crippen LogP contribution >= 0.6 is 11.6 Å². The second-order valence-corrected chi connectivity index (χ2v) is 6.81. The van der Waals surface area contributed by atoms with Crippen molar-refractivity contribution < 1.29 is 4.39 Å². The van der Waals surface area contributed by atoms with E-state index >= 15 is 4.39 Å². The minimum Gasteiger partial charge on any atom is -0.360 e. The van der Waals surface area contributed by atoms with Gasteiger partial charge in [0.05, 0.1) is 5.69 Å². The van der Waals surface area contributed by atoms with E-state index in [-0.39, 0.29) is 5.82 Å². The number of rotatable bonds is 5. The van der Waals surface area contributed by atoms with E-state index in [4.69, 9.17) is 11.6 Å². The molecule has 4 aromatic rings. The summed E-state index contributed by atoms with van der Waals surface area (Å²) in [4.78, 5) is 6.09. The highest BCUT2D eigenvalue weighted by Gasteiger charge is 2.15. The van der Waals surface area contributed by atoms with Crippen LogP contribution in [0.5, 0.6) is 0 Å². The van der Waals surface area contributed by atoms with Crippen LogP contribution in [0.25, 0.3) is 10.8 Å². The second-order valence-electron chi connectivity index (χ2n) is 6.45. The standard InChI is InChI=1S/C23H18ClFN2/c24-23-20-14-21(25)22(13-19(20)11-12-26-23)27(15-17-7-3-1-4-8-17)16-18-9-5-2-6-10-18/h1-14H,15-16H2. The average molecular weight is 377 g/mol. The Hall–Kier alpha value is -2.91. The Morgan fingerprint density at radius 3 is 2.00 bits per heavy atom. The SMILES string of the molecule is Fc1cc2c(Cl)nccc2cc1N(Cc1ccccc1)Cc1ccccc1. The topological polar surface area (TPSA) is 16.1 Å². The largest absolute Gasteiger partial charge is 0.360 e. The lowest BCUT2D eigenvalue weighted by Gasteiger charge is -2.26. The molecule has 2 nitrogen and oxygen atoms in total. The van der Waals surface area contributed by atoms with Crippen LogP contribution in [0.4, 0.5) is 10.1 Å². The van der Waals surface area contributed by atoms with Gasteiger partial charge in [-0.3, -0.25) is 0 Å². The van der Waals surface area contributed by atoms with E-state index in [9.17, 15) is 0 Å². The zero-order valence-electron chi connectivity index (χ0n) is 14.6. The summed E-state index contributed by atoms with van der Waals surface area (Å²) in [5, 5.41) is 1.81. The molecule has 134 valence electrons. The molecule has 1 aromatic heterocycles. The summed E-state index contributed by atoms with van der Waals surface area (Å²) in [6.07, 6.45) is 1.64. The fourth-order valence-electron chi connectivity index (χ4n) is 3.22. The first-order chi connectivity index (χ1) is 13.2. The van der Waals surface area contributed by atoms with Crippen LogP contribution in [0.15, 0.2) is 85.1 Å². The van der Waals surface area contributed by atoms with Gasteiger partial charge < -0.3 is 4.90 Å². The van der Waals surface area contributed by atoms with Crippen LogP contribution in [0, 0.1) is 5.82 Å². The fourth-order valence-corrected chi connectivity index (χ4v) is 3.44. The Labute approximate surface area is 162 Å². The summed E-state index contributed by atoms with van der Waals surface area (Å²) < 4.78 is 15.0. The lowest BCUT2D eigenvalue weighted by Crippen LogP contribution is -2.23. The molecule has 0 unspecified atom stereocenters. The first kappa shape index (κ1) is 17.5. The van der Waals surface area contributed by atoms with Gasteiger partial charge in [0, 0.05) is 24.7 Å². The van der Waals surface area contributed by atoms with E-state index in [1.807, 2.05) is 53.4 Å². The molecule has 0 bridgehead atoms. The first-order valence-corrected chi connectivity index (χ1v) is 9.15. The molecular formula is C23H18ClFN2. The molecule has 0 N–H and O–H groups in total. The second kappa shape index (κ2) is 7.77. The monoisotopic (exact) mass is 376 g/mol. The molecule has 0 spiro atoms. The van der Waals surface area contributed by atoms with Crippen molar-refractivity contribution in [3.05, 3.63) is 107 Å².